The van der Waals surface area contributed by atoms with E-state index in [9.17, 15) is 21.6 Å². The SMILES string of the molecule is CC(=O)c1cccc(NS(=O)(=O)c2cccc(S(N)(=O)=O)c2)c1. The minimum absolute atomic E-state index is 0.193. The normalized spacial score (nSPS) is 11.9. The number of nitrogens with one attached hydrogen (secondary N) is 1. The lowest BCUT2D eigenvalue weighted by Crippen LogP contribution is -2.16. The maximum Gasteiger partial charge on any atom is 0.261 e. The molecule has 0 aromatic heterocycles. The zero-order valence-corrected chi connectivity index (χ0v) is 13.7. The average Bonchev–Trinajstić information content (AvgIpc) is 2.46. The minimum atomic E-state index is -4.02. The number of primary sulfonamides is 1. The Morgan fingerprint density at radius 2 is 1.57 bits per heavy atom. The highest BCUT2D eigenvalue weighted by molar-refractivity contribution is 7.93. The van der Waals surface area contributed by atoms with Crippen LogP contribution in [0.3, 0.4) is 0 Å². The first-order chi connectivity index (χ1) is 10.6. The van der Waals surface area contributed by atoms with E-state index in [1.807, 2.05) is 0 Å². The number of ketones is 1. The standard InChI is InChI=1S/C14H14N2O5S2/c1-10(17)11-4-2-5-12(8-11)16-23(20,21)14-7-3-6-13(9-14)22(15,18)19/h2-9,16H,1H3,(H2,15,18,19). The van der Waals surface area contributed by atoms with Crippen LogP contribution >= 0.6 is 0 Å². The maximum atomic E-state index is 12.3. The van der Waals surface area contributed by atoms with Crippen LogP contribution in [0.5, 0.6) is 0 Å². The van der Waals surface area contributed by atoms with Crippen LogP contribution in [0.2, 0.25) is 0 Å². The first-order valence-corrected chi connectivity index (χ1v) is 9.39. The van der Waals surface area contributed by atoms with Crippen molar-refractivity contribution >= 4 is 31.5 Å². The highest BCUT2D eigenvalue weighted by Crippen LogP contribution is 2.19. The summed E-state index contributed by atoms with van der Waals surface area (Å²) in [6.07, 6.45) is 0. The van der Waals surface area contributed by atoms with Gasteiger partial charge in [-0.25, -0.2) is 22.0 Å². The second kappa shape index (κ2) is 6.11. The van der Waals surface area contributed by atoms with E-state index in [4.69, 9.17) is 5.14 Å². The number of carbonyl (C=O) groups is 1. The zero-order valence-electron chi connectivity index (χ0n) is 12.1. The molecule has 23 heavy (non-hydrogen) atoms. The van der Waals surface area contributed by atoms with Crippen molar-refractivity contribution < 1.29 is 21.6 Å². The predicted molar refractivity (Wildman–Crippen MR) is 85.1 cm³/mol. The number of sulfonamides is 2. The molecule has 0 aliphatic rings. The van der Waals surface area contributed by atoms with Gasteiger partial charge >= 0.3 is 0 Å². The second-order valence-corrected chi connectivity index (χ2v) is 8.01. The molecule has 2 aromatic carbocycles. The van der Waals surface area contributed by atoms with Gasteiger partial charge in [-0.1, -0.05) is 18.2 Å². The van der Waals surface area contributed by atoms with Crippen LogP contribution in [0.4, 0.5) is 5.69 Å². The maximum absolute atomic E-state index is 12.3. The van der Waals surface area contributed by atoms with Gasteiger partial charge in [0.25, 0.3) is 10.0 Å². The first kappa shape index (κ1) is 17.1. The van der Waals surface area contributed by atoms with Crippen molar-refractivity contribution in [2.24, 2.45) is 5.14 Å². The van der Waals surface area contributed by atoms with E-state index < -0.39 is 20.0 Å². The number of hydrogen-bond donors (Lipinski definition) is 2. The van der Waals surface area contributed by atoms with E-state index in [1.165, 1.54) is 43.3 Å². The molecule has 0 spiro atoms. The summed E-state index contributed by atoms with van der Waals surface area (Å²) in [6, 6.07) is 10.7. The molecule has 3 N–H and O–H groups in total. The molecule has 0 aliphatic heterocycles. The Balaban J connectivity index is 2.40. The number of carbonyl (C=O) groups excluding carboxylic acids is 1. The van der Waals surface area contributed by atoms with Gasteiger partial charge in [0.2, 0.25) is 10.0 Å². The van der Waals surface area contributed by atoms with Crippen LogP contribution in [0.15, 0.2) is 58.3 Å². The fourth-order valence-corrected chi connectivity index (χ4v) is 3.56. The largest absolute Gasteiger partial charge is 0.295 e. The Labute approximate surface area is 134 Å². The van der Waals surface area contributed by atoms with Crippen LogP contribution in [-0.2, 0) is 20.0 Å². The number of hydrogen-bond acceptors (Lipinski definition) is 5. The summed E-state index contributed by atoms with van der Waals surface area (Å²) < 4.78 is 49.6. The number of rotatable bonds is 5. The van der Waals surface area contributed by atoms with Crippen LogP contribution in [-0.4, -0.2) is 22.6 Å². The highest BCUT2D eigenvalue weighted by atomic mass is 32.2. The third-order valence-electron chi connectivity index (χ3n) is 2.97. The van der Waals surface area contributed by atoms with Gasteiger partial charge < -0.3 is 0 Å². The quantitative estimate of drug-likeness (QED) is 0.784. The summed E-state index contributed by atoms with van der Waals surface area (Å²) in [5.74, 6) is -0.206. The third kappa shape index (κ3) is 4.15. The van der Waals surface area contributed by atoms with Crippen molar-refractivity contribution in [2.45, 2.75) is 16.7 Å². The van der Waals surface area contributed by atoms with Crippen molar-refractivity contribution in [1.82, 2.24) is 0 Å². The van der Waals surface area contributed by atoms with Crippen LogP contribution in [0.1, 0.15) is 17.3 Å². The Morgan fingerprint density at radius 1 is 0.957 bits per heavy atom. The summed E-state index contributed by atoms with van der Waals surface area (Å²) in [5.41, 5.74) is 0.544. The van der Waals surface area contributed by atoms with Crippen molar-refractivity contribution in [3.8, 4) is 0 Å². The molecule has 0 radical (unpaired) electrons. The lowest BCUT2D eigenvalue weighted by molar-refractivity contribution is 0.101. The molecule has 7 nitrogen and oxygen atoms in total. The van der Waals surface area contributed by atoms with Crippen LogP contribution in [0.25, 0.3) is 0 Å². The molecule has 0 unspecified atom stereocenters. The summed E-state index contributed by atoms with van der Waals surface area (Å²) >= 11 is 0. The molecule has 0 amide bonds. The van der Waals surface area contributed by atoms with E-state index in [0.29, 0.717) is 5.56 Å². The molecule has 122 valence electrons. The number of nitrogens with two attached hydrogens (primary N) is 1. The zero-order chi connectivity index (χ0) is 17.3. The van der Waals surface area contributed by atoms with E-state index in [2.05, 4.69) is 4.72 Å². The van der Waals surface area contributed by atoms with Gasteiger partial charge in [-0.05, 0) is 37.3 Å². The summed E-state index contributed by atoms with van der Waals surface area (Å²) in [4.78, 5) is 10.8. The Hall–Kier alpha value is -2.23. The van der Waals surface area contributed by atoms with Gasteiger partial charge in [0.05, 0.1) is 9.79 Å². The monoisotopic (exact) mass is 354 g/mol. The van der Waals surface area contributed by atoms with Gasteiger partial charge in [-0.3, -0.25) is 9.52 Å². The highest BCUT2D eigenvalue weighted by Gasteiger charge is 2.18. The molecule has 9 heteroatoms. The van der Waals surface area contributed by atoms with Crippen molar-refractivity contribution in [3.63, 3.8) is 0 Å². The van der Waals surface area contributed by atoms with Crippen molar-refractivity contribution in [2.75, 3.05) is 4.72 Å². The molecule has 0 saturated heterocycles. The van der Waals surface area contributed by atoms with Crippen molar-refractivity contribution in [1.29, 1.82) is 0 Å². The lowest BCUT2D eigenvalue weighted by Gasteiger charge is -2.09. The van der Waals surface area contributed by atoms with Crippen molar-refractivity contribution in [3.05, 3.63) is 54.1 Å². The van der Waals surface area contributed by atoms with Gasteiger partial charge in [0.1, 0.15) is 0 Å². The summed E-state index contributed by atoms with van der Waals surface area (Å²) in [6.45, 7) is 1.36. The van der Waals surface area contributed by atoms with E-state index in [0.717, 1.165) is 6.07 Å². The predicted octanol–water partition coefficient (Wildman–Crippen LogP) is 1.34. The Bertz CT molecular complexity index is 966. The molecule has 2 rings (SSSR count). The fraction of sp³-hybridized carbons (Fsp3) is 0.0714. The molecule has 0 saturated carbocycles. The molecule has 0 aliphatic carbocycles. The number of Topliss-reactive ketones (excluding diaryl/α,β-unsaturated/α-hetero) is 1. The van der Waals surface area contributed by atoms with Gasteiger partial charge in [-0.15, -0.1) is 0 Å². The fourth-order valence-electron chi connectivity index (χ4n) is 1.83. The molecular weight excluding hydrogens is 340 g/mol. The third-order valence-corrected chi connectivity index (χ3v) is 5.26. The van der Waals surface area contributed by atoms with Crippen LogP contribution in [0, 0.1) is 0 Å². The molecule has 0 bridgehead atoms. The number of benzene rings is 2. The summed E-state index contributed by atoms with van der Waals surface area (Å²) in [5, 5.41) is 4.99. The Kier molecular flexibility index (Phi) is 4.55. The molecule has 0 heterocycles. The average molecular weight is 354 g/mol. The minimum Gasteiger partial charge on any atom is -0.295 e. The van der Waals surface area contributed by atoms with E-state index >= 15 is 0 Å². The second-order valence-electron chi connectivity index (χ2n) is 4.76. The van der Waals surface area contributed by atoms with Gasteiger partial charge in [0, 0.05) is 11.3 Å². The smallest absolute Gasteiger partial charge is 0.261 e. The Morgan fingerprint density at radius 3 is 2.17 bits per heavy atom. The number of anilines is 1. The molecule has 0 atom stereocenters. The summed E-state index contributed by atoms with van der Waals surface area (Å²) in [7, 11) is -8.03. The molecule has 2 aromatic rings. The van der Waals surface area contributed by atoms with E-state index in [1.54, 1.807) is 6.07 Å². The lowest BCUT2D eigenvalue weighted by atomic mass is 10.1. The first-order valence-electron chi connectivity index (χ1n) is 6.36. The van der Waals surface area contributed by atoms with Gasteiger partial charge in [-0.2, -0.15) is 0 Å². The van der Waals surface area contributed by atoms with Gasteiger partial charge in [0.15, 0.2) is 5.78 Å². The van der Waals surface area contributed by atoms with E-state index in [-0.39, 0.29) is 21.3 Å². The van der Waals surface area contributed by atoms with Crippen LogP contribution < -0.4 is 9.86 Å². The molecular formula is C14H14N2O5S2. The molecule has 0 fully saturated rings. The topological polar surface area (TPSA) is 123 Å².